The van der Waals surface area contributed by atoms with Gasteiger partial charge < -0.3 is 31.2 Å². The third-order valence-electron chi connectivity index (χ3n) is 8.94. The molecule has 0 heterocycles. The normalized spacial score (nSPS) is 12.4. The third-order valence-corrected chi connectivity index (χ3v) is 8.94. The van der Waals surface area contributed by atoms with Crippen LogP contribution in [0.25, 0.3) is 11.1 Å². The van der Waals surface area contributed by atoms with Crippen LogP contribution in [0.15, 0.2) is 91.0 Å². The van der Waals surface area contributed by atoms with Crippen LogP contribution < -0.4 is 26.4 Å². The number of carbonyl (C=O) groups is 3. The van der Waals surface area contributed by atoms with Crippen molar-refractivity contribution in [3.63, 3.8) is 0 Å². The van der Waals surface area contributed by atoms with Crippen LogP contribution in [0.2, 0.25) is 0 Å². The van der Waals surface area contributed by atoms with E-state index >= 15 is 0 Å². The smallest absolute Gasteiger partial charge is 0.407 e. The topological polar surface area (TPSA) is 132 Å². The maximum atomic E-state index is 13.4. The fourth-order valence-corrected chi connectivity index (χ4v) is 6.34. The molecule has 0 aromatic heterocycles. The molecule has 0 radical (unpaired) electrons. The standard InChI is InChI=1S/C45H58N4O5/c1-7-35-30-38(53-25-12-11-24-47-44(52)54-45(4,5)6)22-23-39(35)36-20-18-33(19-21-36)29-40(46)42(50)49-41(43(51)48-37-15-9-8-10-16-37)17-13-14-34-27-31(2)26-32(3)28-34/h8-10,15-16,18-23,26-28,30,40-41H,7,11-14,17,24-25,29,46H2,1-6H3,(H,47,52)(H,48,51)(H,49,50)/t40-,41-/m0/s1. The van der Waals surface area contributed by atoms with Crippen molar-refractivity contribution in [3.8, 4) is 16.9 Å². The van der Waals surface area contributed by atoms with E-state index in [4.69, 9.17) is 15.2 Å². The molecule has 0 unspecified atom stereocenters. The first-order valence-corrected chi connectivity index (χ1v) is 19.1. The van der Waals surface area contributed by atoms with Crippen LogP contribution in [-0.2, 0) is 33.6 Å². The lowest BCUT2D eigenvalue weighted by atomic mass is 9.95. The van der Waals surface area contributed by atoms with Crippen molar-refractivity contribution < 1.29 is 23.9 Å². The first kappa shape index (κ1) is 41.6. The summed E-state index contributed by atoms with van der Waals surface area (Å²) in [6, 6.07) is 28.4. The lowest BCUT2D eigenvalue weighted by Gasteiger charge is -2.21. The number of carbonyl (C=O) groups excluding carboxylic acids is 3. The van der Waals surface area contributed by atoms with Crippen LogP contribution in [0.4, 0.5) is 10.5 Å². The molecule has 288 valence electrons. The highest BCUT2D eigenvalue weighted by atomic mass is 16.6. The Labute approximate surface area is 321 Å². The summed E-state index contributed by atoms with van der Waals surface area (Å²) in [7, 11) is 0. The predicted octanol–water partition coefficient (Wildman–Crippen LogP) is 8.23. The second-order valence-corrected chi connectivity index (χ2v) is 15.0. The number of unbranched alkanes of at least 4 members (excludes halogenated alkanes) is 1. The van der Waals surface area contributed by atoms with Crippen molar-refractivity contribution in [1.29, 1.82) is 0 Å². The number of ether oxygens (including phenoxy) is 2. The molecule has 0 aliphatic carbocycles. The predicted molar refractivity (Wildman–Crippen MR) is 218 cm³/mol. The van der Waals surface area contributed by atoms with Gasteiger partial charge in [0.15, 0.2) is 0 Å². The zero-order valence-electron chi connectivity index (χ0n) is 32.8. The number of rotatable bonds is 18. The lowest BCUT2D eigenvalue weighted by molar-refractivity contribution is -0.127. The molecule has 9 heteroatoms. The molecule has 4 aromatic rings. The molecular weight excluding hydrogens is 677 g/mol. The minimum Gasteiger partial charge on any atom is -0.494 e. The van der Waals surface area contributed by atoms with Crippen LogP contribution in [0.5, 0.6) is 5.75 Å². The molecule has 0 saturated carbocycles. The molecule has 0 saturated heterocycles. The number of para-hydroxylation sites is 1. The Morgan fingerprint density at radius 1 is 0.796 bits per heavy atom. The van der Waals surface area contributed by atoms with Gasteiger partial charge in [-0.3, -0.25) is 9.59 Å². The monoisotopic (exact) mass is 734 g/mol. The Morgan fingerprint density at radius 3 is 2.17 bits per heavy atom. The summed E-state index contributed by atoms with van der Waals surface area (Å²) in [6.45, 7) is 12.9. The number of amides is 3. The number of benzene rings is 4. The van der Waals surface area contributed by atoms with Gasteiger partial charge in [-0.2, -0.15) is 0 Å². The fourth-order valence-electron chi connectivity index (χ4n) is 6.34. The van der Waals surface area contributed by atoms with E-state index in [-0.39, 0.29) is 11.8 Å². The van der Waals surface area contributed by atoms with Gasteiger partial charge in [0.25, 0.3) is 0 Å². The second-order valence-electron chi connectivity index (χ2n) is 15.0. The highest BCUT2D eigenvalue weighted by Crippen LogP contribution is 2.29. The fraction of sp³-hybridized carbons (Fsp3) is 0.400. The average molecular weight is 735 g/mol. The summed E-state index contributed by atoms with van der Waals surface area (Å²) >= 11 is 0. The van der Waals surface area contributed by atoms with E-state index in [0.29, 0.717) is 31.7 Å². The summed E-state index contributed by atoms with van der Waals surface area (Å²) in [5.41, 5.74) is 14.5. The van der Waals surface area contributed by atoms with Crippen molar-refractivity contribution in [1.82, 2.24) is 10.6 Å². The van der Waals surface area contributed by atoms with Crippen LogP contribution in [0.1, 0.15) is 81.2 Å². The minimum atomic E-state index is -0.821. The number of aryl methyl sites for hydroxylation is 4. The molecule has 4 rings (SSSR count). The van der Waals surface area contributed by atoms with Crippen molar-refractivity contribution in [3.05, 3.63) is 119 Å². The van der Waals surface area contributed by atoms with E-state index in [1.54, 1.807) is 0 Å². The molecule has 5 N–H and O–H groups in total. The third kappa shape index (κ3) is 14.0. The SMILES string of the molecule is CCc1cc(OCCCCNC(=O)OC(C)(C)C)ccc1-c1ccc(C[C@H](N)C(=O)N[C@@H](CCCc2cc(C)cc(C)c2)C(=O)Nc2ccccc2)cc1. The van der Waals surface area contributed by atoms with Gasteiger partial charge in [0.2, 0.25) is 11.8 Å². The Morgan fingerprint density at radius 2 is 1.50 bits per heavy atom. The van der Waals surface area contributed by atoms with E-state index < -0.39 is 23.8 Å². The van der Waals surface area contributed by atoms with Gasteiger partial charge in [0, 0.05) is 12.2 Å². The molecule has 0 aliphatic rings. The quantitative estimate of drug-likeness (QED) is 0.0762. The van der Waals surface area contributed by atoms with Gasteiger partial charge in [-0.05, 0) is 132 Å². The Hall–Kier alpha value is -5.15. The van der Waals surface area contributed by atoms with Crippen LogP contribution in [0, 0.1) is 13.8 Å². The highest BCUT2D eigenvalue weighted by molar-refractivity contribution is 5.97. The molecule has 0 spiro atoms. The Balaban J connectivity index is 1.30. The maximum Gasteiger partial charge on any atom is 0.407 e. The number of nitrogens with two attached hydrogens (primary N) is 1. The minimum absolute atomic E-state index is 0.262. The van der Waals surface area contributed by atoms with E-state index in [1.807, 2.05) is 69.3 Å². The van der Waals surface area contributed by atoms with E-state index in [0.717, 1.165) is 54.5 Å². The summed E-state index contributed by atoms with van der Waals surface area (Å²) < 4.78 is 11.3. The summed E-state index contributed by atoms with van der Waals surface area (Å²) in [4.78, 5) is 38.6. The summed E-state index contributed by atoms with van der Waals surface area (Å²) in [5, 5.41) is 8.67. The number of alkyl carbamates (subject to hydrolysis) is 1. The molecule has 2 atom stereocenters. The Kier molecular flexibility index (Phi) is 15.7. The second kappa shape index (κ2) is 20.3. The van der Waals surface area contributed by atoms with Crippen LogP contribution >= 0.6 is 0 Å². The number of hydrogen-bond donors (Lipinski definition) is 4. The van der Waals surface area contributed by atoms with Crippen molar-refractivity contribution >= 4 is 23.6 Å². The lowest BCUT2D eigenvalue weighted by Crippen LogP contribution is -2.50. The van der Waals surface area contributed by atoms with Gasteiger partial charge in [-0.25, -0.2) is 4.79 Å². The molecule has 4 aromatic carbocycles. The number of anilines is 1. The molecule has 54 heavy (non-hydrogen) atoms. The first-order valence-electron chi connectivity index (χ1n) is 19.1. The highest BCUT2D eigenvalue weighted by Gasteiger charge is 2.24. The molecule has 0 aliphatic heterocycles. The van der Waals surface area contributed by atoms with E-state index in [1.165, 1.54) is 22.3 Å². The van der Waals surface area contributed by atoms with Gasteiger partial charge in [0.05, 0.1) is 12.6 Å². The van der Waals surface area contributed by atoms with Gasteiger partial charge >= 0.3 is 6.09 Å². The molecule has 0 fully saturated rings. The molecule has 9 nitrogen and oxygen atoms in total. The van der Waals surface area contributed by atoms with Gasteiger partial charge in [0.1, 0.15) is 17.4 Å². The van der Waals surface area contributed by atoms with E-state index in [9.17, 15) is 14.4 Å². The zero-order chi connectivity index (χ0) is 39.1. The molecule has 0 bridgehead atoms. The van der Waals surface area contributed by atoms with Gasteiger partial charge in [-0.15, -0.1) is 0 Å². The summed E-state index contributed by atoms with van der Waals surface area (Å²) in [6.07, 6.45) is 4.37. The van der Waals surface area contributed by atoms with Crippen LogP contribution in [0.3, 0.4) is 0 Å². The van der Waals surface area contributed by atoms with Crippen molar-refractivity contribution in [2.75, 3.05) is 18.5 Å². The van der Waals surface area contributed by atoms with Crippen LogP contribution in [-0.4, -0.2) is 48.7 Å². The molecular formula is C45H58N4O5. The number of nitrogens with one attached hydrogen (secondary N) is 3. The zero-order valence-corrected chi connectivity index (χ0v) is 32.8. The number of hydrogen-bond acceptors (Lipinski definition) is 6. The Bertz CT molecular complexity index is 1800. The van der Waals surface area contributed by atoms with Crippen molar-refractivity contribution in [2.45, 2.75) is 104 Å². The maximum absolute atomic E-state index is 13.4. The summed E-state index contributed by atoms with van der Waals surface area (Å²) in [5.74, 6) is 0.189. The van der Waals surface area contributed by atoms with Crippen molar-refractivity contribution in [2.24, 2.45) is 5.73 Å². The van der Waals surface area contributed by atoms with Gasteiger partial charge in [-0.1, -0.05) is 84.8 Å². The van der Waals surface area contributed by atoms with E-state index in [2.05, 4.69) is 79.2 Å². The molecule has 3 amide bonds. The average Bonchev–Trinajstić information content (AvgIpc) is 3.12. The first-order chi connectivity index (χ1) is 25.8. The largest absolute Gasteiger partial charge is 0.494 e.